The van der Waals surface area contributed by atoms with Crippen LogP contribution < -0.4 is 14.8 Å². The summed E-state index contributed by atoms with van der Waals surface area (Å²) in [5.74, 6) is 1.51. The maximum atomic E-state index is 12.3. The molecule has 1 atom stereocenters. The largest absolute Gasteiger partial charge is 0.486 e. The van der Waals surface area contributed by atoms with Gasteiger partial charge < -0.3 is 14.8 Å². The predicted molar refractivity (Wildman–Crippen MR) is 88.9 cm³/mol. The highest BCUT2D eigenvalue weighted by atomic mass is 16.6. The Morgan fingerprint density at radius 2 is 2.08 bits per heavy atom. The average molecular weight is 339 g/mol. The summed E-state index contributed by atoms with van der Waals surface area (Å²) < 4.78 is 13.0. The molecule has 4 rings (SSSR count). The molecule has 0 radical (unpaired) electrons. The number of para-hydroxylation sites is 2. The van der Waals surface area contributed by atoms with Crippen LogP contribution in [0.2, 0.25) is 0 Å². The van der Waals surface area contributed by atoms with Crippen molar-refractivity contribution >= 4 is 11.7 Å². The molecule has 0 saturated carbocycles. The number of amides is 1. The number of hydrogen-bond donors (Lipinski definition) is 1. The Labute approximate surface area is 143 Å². The molecule has 3 aromatic rings. The number of aryl methyl sites for hydroxylation is 2. The Bertz CT molecular complexity index is 953. The van der Waals surface area contributed by atoms with Crippen LogP contribution in [0.1, 0.15) is 22.0 Å². The van der Waals surface area contributed by atoms with Gasteiger partial charge in [0.05, 0.1) is 6.54 Å². The maximum Gasteiger partial charge on any atom is 0.291 e. The summed E-state index contributed by atoms with van der Waals surface area (Å²) >= 11 is 0. The molecular weight excluding hydrogens is 322 g/mol. The minimum Gasteiger partial charge on any atom is -0.486 e. The van der Waals surface area contributed by atoms with Gasteiger partial charge in [0.25, 0.3) is 11.7 Å². The zero-order chi connectivity index (χ0) is 17.4. The first-order valence-corrected chi connectivity index (χ1v) is 7.98. The van der Waals surface area contributed by atoms with Crippen molar-refractivity contribution in [1.82, 2.24) is 24.9 Å². The van der Waals surface area contributed by atoms with E-state index >= 15 is 0 Å². The summed E-state index contributed by atoms with van der Waals surface area (Å²) in [7, 11) is 0. The first-order valence-electron chi connectivity index (χ1n) is 7.98. The third kappa shape index (κ3) is 2.98. The number of nitrogens with zero attached hydrogens (tertiary/aromatic N) is 4. The molecule has 8 heteroatoms. The molecule has 128 valence electrons. The van der Waals surface area contributed by atoms with Gasteiger partial charge in [0.1, 0.15) is 12.7 Å². The Hall–Kier alpha value is -3.16. The molecule has 0 unspecified atom stereocenters. The molecule has 2 aromatic heterocycles. The number of fused-ring (bicyclic) bond motifs is 2. The number of rotatable bonds is 3. The first-order chi connectivity index (χ1) is 12.1. The fourth-order valence-corrected chi connectivity index (χ4v) is 2.71. The van der Waals surface area contributed by atoms with E-state index in [2.05, 4.69) is 20.4 Å². The van der Waals surface area contributed by atoms with Crippen molar-refractivity contribution in [2.24, 2.45) is 0 Å². The molecule has 0 saturated heterocycles. The van der Waals surface area contributed by atoms with Crippen LogP contribution >= 0.6 is 0 Å². The summed E-state index contributed by atoms with van der Waals surface area (Å²) in [4.78, 5) is 20.8. The number of carbonyl (C=O) groups is 1. The van der Waals surface area contributed by atoms with Crippen LogP contribution in [0.3, 0.4) is 0 Å². The number of aromatic nitrogens is 4. The molecule has 1 amide bonds. The summed E-state index contributed by atoms with van der Waals surface area (Å²) in [5.41, 5.74) is 1.70. The van der Waals surface area contributed by atoms with Gasteiger partial charge in [0.2, 0.25) is 5.82 Å². The van der Waals surface area contributed by atoms with Crippen molar-refractivity contribution in [1.29, 1.82) is 0 Å². The van der Waals surface area contributed by atoms with E-state index < -0.39 is 0 Å². The minimum absolute atomic E-state index is 0.0818. The lowest BCUT2D eigenvalue weighted by Gasteiger charge is -2.26. The fourth-order valence-electron chi connectivity index (χ4n) is 2.71. The summed E-state index contributed by atoms with van der Waals surface area (Å²) in [6, 6.07) is 9.33. The van der Waals surface area contributed by atoms with Crippen molar-refractivity contribution in [3.63, 3.8) is 0 Å². The number of hydrogen-bond acceptors (Lipinski definition) is 6. The molecule has 8 nitrogen and oxygen atoms in total. The molecule has 1 aliphatic heterocycles. The number of benzene rings is 1. The summed E-state index contributed by atoms with van der Waals surface area (Å²) in [5, 5.41) is 7.00. The van der Waals surface area contributed by atoms with Crippen LogP contribution in [0.25, 0.3) is 5.78 Å². The lowest BCUT2D eigenvalue weighted by Crippen LogP contribution is -2.41. The van der Waals surface area contributed by atoms with Crippen LogP contribution in [-0.2, 0) is 0 Å². The maximum absolute atomic E-state index is 12.3. The van der Waals surface area contributed by atoms with Crippen LogP contribution in [0.4, 0.5) is 0 Å². The van der Waals surface area contributed by atoms with Gasteiger partial charge >= 0.3 is 0 Å². The minimum atomic E-state index is -0.370. The van der Waals surface area contributed by atoms with Crippen LogP contribution in [0.5, 0.6) is 11.5 Å². The van der Waals surface area contributed by atoms with E-state index in [1.807, 2.05) is 44.2 Å². The van der Waals surface area contributed by atoms with Crippen molar-refractivity contribution in [3.8, 4) is 11.5 Å². The zero-order valence-electron chi connectivity index (χ0n) is 13.9. The van der Waals surface area contributed by atoms with Gasteiger partial charge in [0, 0.05) is 11.4 Å². The third-order valence-corrected chi connectivity index (χ3v) is 3.88. The van der Waals surface area contributed by atoms with Gasteiger partial charge in [-0.2, -0.15) is 4.98 Å². The van der Waals surface area contributed by atoms with Gasteiger partial charge in [-0.15, -0.1) is 5.10 Å². The van der Waals surface area contributed by atoms with Crippen LogP contribution in [0.15, 0.2) is 30.3 Å². The lowest BCUT2D eigenvalue weighted by atomic mass is 10.2. The van der Waals surface area contributed by atoms with E-state index in [0.717, 1.165) is 11.4 Å². The highest BCUT2D eigenvalue weighted by Gasteiger charge is 2.22. The quantitative estimate of drug-likeness (QED) is 0.774. The number of nitrogens with one attached hydrogen (secondary N) is 1. The van der Waals surface area contributed by atoms with E-state index in [-0.39, 0.29) is 17.8 Å². The van der Waals surface area contributed by atoms with E-state index in [4.69, 9.17) is 9.47 Å². The third-order valence-electron chi connectivity index (χ3n) is 3.88. The van der Waals surface area contributed by atoms with E-state index in [9.17, 15) is 4.79 Å². The second-order valence-electron chi connectivity index (χ2n) is 5.89. The second-order valence-corrected chi connectivity index (χ2v) is 5.89. The normalized spacial score (nSPS) is 16.0. The molecule has 1 N–H and O–H groups in total. The summed E-state index contributed by atoms with van der Waals surface area (Å²) in [6.07, 6.45) is -0.266. The van der Waals surface area contributed by atoms with Gasteiger partial charge in [-0.05, 0) is 32.0 Å². The van der Waals surface area contributed by atoms with Crippen LogP contribution in [0, 0.1) is 13.8 Å². The SMILES string of the molecule is Cc1cc(C)n2nc(C(=O)NC[C@H]3COc4ccccc4O3)nc2n1. The van der Waals surface area contributed by atoms with Crippen molar-refractivity contribution in [3.05, 3.63) is 47.5 Å². The van der Waals surface area contributed by atoms with E-state index in [0.29, 0.717) is 30.4 Å². The van der Waals surface area contributed by atoms with Gasteiger partial charge in [-0.1, -0.05) is 12.1 Å². The molecule has 0 spiro atoms. The smallest absolute Gasteiger partial charge is 0.291 e. The monoisotopic (exact) mass is 339 g/mol. The fraction of sp³-hybridized carbons (Fsp3) is 0.294. The highest BCUT2D eigenvalue weighted by Crippen LogP contribution is 2.30. The van der Waals surface area contributed by atoms with Gasteiger partial charge in [-0.25, -0.2) is 9.50 Å². The average Bonchev–Trinajstić information content (AvgIpc) is 3.04. The molecule has 3 heterocycles. The molecule has 25 heavy (non-hydrogen) atoms. The van der Waals surface area contributed by atoms with Crippen molar-refractivity contribution < 1.29 is 14.3 Å². The van der Waals surface area contributed by atoms with Crippen molar-refractivity contribution in [2.75, 3.05) is 13.2 Å². The van der Waals surface area contributed by atoms with Gasteiger partial charge in [-0.3, -0.25) is 4.79 Å². The molecular formula is C17H17N5O3. The molecule has 0 fully saturated rings. The zero-order valence-corrected chi connectivity index (χ0v) is 13.9. The standard InChI is InChI=1S/C17H17N5O3/c1-10-7-11(2)22-17(19-10)20-15(21-22)16(23)18-8-12-9-24-13-5-3-4-6-14(13)25-12/h3-7,12H,8-9H2,1-2H3,(H,18,23)/t12-/m0/s1. The molecule has 0 aliphatic carbocycles. The molecule has 0 bridgehead atoms. The topological polar surface area (TPSA) is 90.6 Å². The Balaban J connectivity index is 1.44. The number of ether oxygens (including phenoxy) is 2. The predicted octanol–water partition coefficient (Wildman–Crippen LogP) is 1.31. The Morgan fingerprint density at radius 3 is 2.92 bits per heavy atom. The number of carbonyl (C=O) groups excluding carboxylic acids is 1. The molecule has 1 aliphatic rings. The highest BCUT2D eigenvalue weighted by molar-refractivity contribution is 5.90. The van der Waals surface area contributed by atoms with Crippen molar-refractivity contribution in [2.45, 2.75) is 20.0 Å². The Kier molecular flexibility index (Phi) is 3.72. The van der Waals surface area contributed by atoms with Crippen LogP contribution in [-0.4, -0.2) is 44.7 Å². The first kappa shape index (κ1) is 15.4. The van der Waals surface area contributed by atoms with E-state index in [1.165, 1.54) is 0 Å². The Morgan fingerprint density at radius 1 is 1.28 bits per heavy atom. The van der Waals surface area contributed by atoms with E-state index in [1.54, 1.807) is 4.52 Å². The summed E-state index contributed by atoms with van der Waals surface area (Å²) in [6.45, 7) is 4.44. The second kappa shape index (κ2) is 6.04. The van der Waals surface area contributed by atoms with Gasteiger partial charge in [0.15, 0.2) is 11.5 Å². The lowest BCUT2D eigenvalue weighted by molar-refractivity contribution is 0.0783. The molecule has 1 aromatic carbocycles.